The Bertz CT molecular complexity index is 729. The molecule has 0 aliphatic carbocycles. The zero-order valence-electron chi connectivity index (χ0n) is 13.0. The number of hydrogen-bond acceptors (Lipinski definition) is 5. The molecule has 122 valence electrons. The molecule has 2 saturated heterocycles. The minimum Gasteiger partial charge on any atom is -0.347 e. The van der Waals surface area contributed by atoms with Crippen molar-refractivity contribution in [2.75, 3.05) is 31.6 Å². The average Bonchev–Trinajstić information content (AvgIpc) is 3.14. The topological polar surface area (TPSA) is 63.7 Å². The number of fused-ring (bicyclic) bond motifs is 1. The number of carbonyl (C=O) groups excluding carboxylic acids is 1. The predicted molar refractivity (Wildman–Crippen MR) is 88.8 cm³/mol. The van der Waals surface area contributed by atoms with E-state index < -0.39 is 5.79 Å². The maximum Gasteiger partial charge on any atom is 0.323 e. The molecule has 6 nitrogen and oxygen atoms in total. The quantitative estimate of drug-likeness (QED) is 0.871. The van der Waals surface area contributed by atoms with Crippen LogP contribution in [0.15, 0.2) is 18.2 Å². The van der Waals surface area contributed by atoms with Crippen LogP contribution in [0.2, 0.25) is 0 Å². The summed E-state index contributed by atoms with van der Waals surface area (Å²) < 4.78 is 12.5. The summed E-state index contributed by atoms with van der Waals surface area (Å²) >= 11 is 1.50. The van der Waals surface area contributed by atoms with E-state index in [1.54, 1.807) is 4.90 Å². The minimum absolute atomic E-state index is 0.103. The van der Waals surface area contributed by atoms with Gasteiger partial charge in [-0.2, -0.15) is 0 Å². The molecular weight excluding hydrogens is 314 g/mol. The highest BCUT2D eigenvalue weighted by molar-refractivity contribution is 7.22. The van der Waals surface area contributed by atoms with E-state index in [1.165, 1.54) is 16.9 Å². The highest BCUT2D eigenvalue weighted by Gasteiger charge is 2.40. The maximum absolute atomic E-state index is 12.4. The highest BCUT2D eigenvalue weighted by atomic mass is 32.1. The Morgan fingerprint density at radius 3 is 2.78 bits per heavy atom. The SMILES string of the molecule is Cc1ccc2nc(NC(=O)N3CCC4(CC3)OCCO4)sc2c1. The van der Waals surface area contributed by atoms with Crippen LogP contribution in [0.4, 0.5) is 9.93 Å². The molecule has 0 saturated carbocycles. The summed E-state index contributed by atoms with van der Waals surface area (Å²) in [6.45, 7) is 4.62. The number of carbonyl (C=O) groups is 1. The fourth-order valence-electron chi connectivity index (χ4n) is 3.09. The number of anilines is 1. The molecule has 4 rings (SSSR count). The number of thiazole rings is 1. The lowest BCUT2D eigenvalue weighted by Crippen LogP contribution is -2.48. The summed E-state index contributed by atoms with van der Waals surface area (Å²) in [5.41, 5.74) is 2.11. The van der Waals surface area contributed by atoms with E-state index in [9.17, 15) is 4.79 Å². The van der Waals surface area contributed by atoms with Gasteiger partial charge in [-0.25, -0.2) is 9.78 Å². The van der Waals surface area contributed by atoms with E-state index in [1.807, 2.05) is 19.1 Å². The van der Waals surface area contributed by atoms with E-state index in [0.29, 0.717) is 31.4 Å². The number of likely N-dealkylation sites (tertiary alicyclic amines) is 1. The molecule has 3 heterocycles. The number of hydrogen-bond donors (Lipinski definition) is 1. The number of aryl methyl sites for hydroxylation is 1. The molecule has 1 spiro atoms. The lowest BCUT2D eigenvalue weighted by molar-refractivity contribution is -0.181. The smallest absolute Gasteiger partial charge is 0.323 e. The van der Waals surface area contributed by atoms with Crippen molar-refractivity contribution in [3.8, 4) is 0 Å². The summed E-state index contributed by atoms with van der Waals surface area (Å²) in [6, 6.07) is 5.99. The molecular formula is C16H19N3O3S. The molecule has 0 bridgehead atoms. The normalized spacial score (nSPS) is 20.3. The number of amides is 2. The molecule has 23 heavy (non-hydrogen) atoms. The zero-order chi connectivity index (χ0) is 15.9. The van der Waals surface area contributed by atoms with Crippen molar-refractivity contribution in [3.05, 3.63) is 23.8 Å². The van der Waals surface area contributed by atoms with Crippen LogP contribution in [0.3, 0.4) is 0 Å². The Labute approximate surface area is 138 Å². The van der Waals surface area contributed by atoms with Gasteiger partial charge in [-0.05, 0) is 24.6 Å². The Morgan fingerprint density at radius 1 is 1.30 bits per heavy atom. The van der Waals surface area contributed by atoms with E-state index in [-0.39, 0.29) is 6.03 Å². The largest absolute Gasteiger partial charge is 0.347 e. The van der Waals surface area contributed by atoms with Gasteiger partial charge in [0.15, 0.2) is 10.9 Å². The van der Waals surface area contributed by atoms with Crippen molar-refractivity contribution in [3.63, 3.8) is 0 Å². The van der Waals surface area contributed by atoms with Crippen LogP contribution in [0.5, 0.6) is 0 Å². The third kappa shape index (κ3) is 2.91. The second-order valence-electron chi connectivity index (χ2n) is 6.02. The van der Waals surface area contributed by atoms with Gasteiger partial charge in [0.1, 0.15) is 0 Å². The van der Waals surface area contributed by atoms with Crippen LogP contribution < -0.4 is 5.32 Å². The van der Waals surface area contributed by atoms with Crippen LogP contribution in [0.1, 0.15) is 18.4 Å². The van der Waals surface area contributed by atoms with Gasteiger partial charge in [-0.3, -0.25) is 5.32 Å². The van der Waals surface area contributed by atoms with Crippen LogP contribution >= 0.6 is 11.3 Å². The minimum atomic E-state index is -0.454. The third-order valence-corrected chi connectivity index (χ3v) is 5.32. The van der Waals surface area contributed by atoms with Gasteiger partial charge in [-0.1, -0.05) is 17.4 Å². The van der Waals surface area contributed by atoms with Crippen LogP contribution in [-0.4, -0.2) is 48.0 Å². The summed E-state index contributed by atoms with van der Waals surface area (Å²) in [5, 5.41) is 3.56. The summed E-state index contributed by atoms with van der Waals surface area (Å²) in [6.07, 6.45) is 1.44. The molecule has 2 amide bonds. The van der Waals surface area contributed by atoms with Crippen LogP contribution in [-0.2, 0) is 9.47 Å². The van der Waals surface area contributed by atoms with Gasteiger partial charge in [0.25, 0.3) is 0 Å². The molecule has 1 aromatic heterocycles. The molecule has 0 atom stereocenters. The Hall–Kier alpha value is -1.70. The second-order valence-corrected chi connectivity index (χ2v) is 7.05. The number of piperidine rings is 1. The zero-order valence-corrected chi connectivity index (χ0v) is 13.8. The number of nitrogens with zero attached hydrogens (tertiary/aromatic N) is 2. The molecule has 1 aromatic carbocycles. The molecule has 2 aliphatic heterocycles. The Morgan fingerprint density at radius 2 is 2.04 bits per heavy atom. The van der Waals surface area contributed by atoms with Crippen molar-refractivity contribution in [1.82, 2.24) is 9.88 Å². The fraction of sp³-hybridized carbons (Fsp3) is 0.500. The Balaban J connectivity index is 1.41. The predicted octanol–water partition coefficient (Wildman–Crippen LogP) is 2.98. The van der Waals surface area contributed by atoms with Crippen LogP contribution in [0, 0.1) is 6.92 Å². The first kappa shape index (κ1) is 14.9. The van der Waals surface area contributed by atoms with Crippen LogP contribution in [0.25, 0.3) is 10.2 Å². The first-order valence-corrected chi connectivity index (χ1v) is 8.66. The average molecular weight is 333 g/mol. The lowest BCUT2D eigenvalue weighted by atomic mass is 10.0. The number of benzene rings is 1. The van der Waals surface area contributed by atoms with E-state index in [4.69, 9.17) is 9.47 Å². The molecule has 2 fully saturated rings. The molecule has 2 aromatic rings. The monoisotopic (exact) mass is 333 g/mol. The molecule has 0 unspecified atom stereocenters. The second kappa shape index (κ2) is 5.74. The van der Waals surface area contributed by atoms with E-state index in [0.717, 1.165) is 23.1 Å². The first-order chi connectivity index (χ1) is 11.1. The van der Waals surface area contributed by atoms with Gasteiger partial charge < -0.3 is 14.4 Å². The fourth-order valence-corrected chi connectivity index (χ4v) is 4.05. The molecule has 7 heteroatoms. The summed E-state index contributed by atoms with van der Waals surface area (Å²) in [7, 11) is 0. The van der Waals surface area contributed by atoms with Gasteiger partial charge in [-0.15, -0.1) is 0 Å². The van der Waals surface area contributed by atoms with Crippen molar-refractivity contribution in [2.45, 2.75) is 25.6 Å². The molecule has 0 radical (unpaired) electrons. The van der Waals surface area contributed by atoms with Gasteiger partial charge in [0.05, 0.1) is 23.4 Å². The molecule has 2 aliphatic rings. The van der Waals surface area contributed by atoms with Gasteiger partial charge >= 0.3 is 6.03 Å². The number of urea groups is 1. The van der Waals surface area contributed by atoms with Gasteiger partial charge in [0.2, 0.25) is 0 Å². The Kier molecular flexibility index (Phi) is 3.71. The number of aromatic nitrogens is 1. The van der Waals surface area contributed by atoms with Crippen molar-refractivity contribution >= 4 is 32.7 Å². The number of ether oxygens (including phenoxy) is 2. The van der Waals surface area contributed by atoms with Crippen molar-refractivity contribution < 1.29 is 14.3 Å². The summed E-state index contributed by atoms with van der Waals surface area (Å²) in [4.78, 5) is 18.7. The van der Waals surface area contributed by atoms with E-state index in [2.05, 4.69) is 16.4 Å². The highest BCUT2D eigenvalue weighted by Crippen LogP contribution is 2.32. The van der Waals surface area contributed by atoms with E-state index >= 15 is 0 Å². The number of nitrogens with one attached hydrogen (secondary N) is 1. The first-order valence-electron chi connectivity index (χ1n) is 7.85. The lowest BCUT2D eigenvalue weighted by Gasteiger charge is -2.37. The third-order valence-electron chi connectivity index (χ3n) is 4.38. The van der Waals surface area contributed by atoms with Gasteiger partial charge in [0, 0.05) is 25.9 Å². The summed E-state index contributed by atoms with van der Waals surface area (Å²) in [5.74, 6) is -0.454. The van der Waals surface area contributed by atoms with Crippen molar-refractivity contribution in [1.29, 1.82) is 0 Å². The van der Waals surface area contributed by atoms with Crippen molar-refractivity contribution in [2.24, 2.45) is 0 Å². The standard InChI is InChI=1S/C16H19N3O3S/c1-11-2-3-12-13(10-11)23-14(17-12)18-15(20)19-6-4-16(5-7-19)21-8-9-22-16/h2-3,10H,4-9H2,1H3,(H,17,18,20). The number of rotatable bonds is 1. The molecule has 1 N–H and O–H groups in total. The maximum atomic E-state index is 12.4.